The molecule has 3 aromatic rings. The molecule has 0 bridgehead atoms. The Morgan fingerprint density at radius 2 is 1.34 bits per heavy atom. The monoisotopic (exact) mass is 407 g/mol. The minimum atomic E-state index is 0. The average molecular weight is 408 g/mol. The highest BCUT2D eigenvalue weighted by molar-refractivity contribution is 5.85. The van der Waals surface area contributed by atoms with E-state index in [1.807, 2.05) is 0 Å². The summed E-state index contributed by atoms with van der Waals surface area (Å²) >= 11 is 0. The highest BCUT2D eigenvalue weighted by Gasteiger charge is 2.24. The molecule has 0 radical (unpaired) electrons. The molecule has 1 aliphatic rings. The van der Waals surface area contributed by atoms with Crippen molar-refractivity contribution in [3.05, 3.63) is 108 Å². The zero-order valence-corrected chi connectivity index (χ0v) is 17.6. The Labute approximate surface area is 180 Å². The maximum atomic E-state index is 6.48. The van der Waals surface area contributed by atoms with Crippen LogP contribution in [0, 0.1) is 5.92 Å². The van der Waals surface area contributed by atoms with Crippen LogP contribution >= 0.6 is 12.4 Å². The summed E-state index contributed by atoms with van der Waals surface area (Å²) in [5, 5.41) is 0. The molecule has 0 aromatic heterocycles. The summed E-state index contributed by atoms with van der Waals surface area (Å²) in [4.78, 5) is 2.58. The summed E-state index contributed by atoms with van der Waals surface area (Å²) in [6.45, 7) is 4.28. The molecule has 2 nitrogen and oxygen atoms in total. The van der Waals surface area contributed by atoms with E-state index < -0.39 is 0 Å². The van der Waals surface area contributed by atoms with Crippen molar-refractivity contribution in [2.75, 3.05) is 26.2 Å². The summed E-state index contributed by atoms with van der Waals surface area (Å²) in [5.74, 6) is 0.616. The molecule has 1 unspecified atom stereocenters. The molecule has 4 rings (SSSR count). The number of rotatable bonds is 8. The number of benzene rings is 3. The van der Waals surface area contributed by atoms with Crippen LogP contribution < -0.4 is 0 Å². The van der Waals surface area contributed by atoms with E-state index in [-0.39, 0.29) is 18.5 Å². The molecule has 0 saturated carbocycles. The van der Waals surface area contributed by atoms with Gasteiger partial charge in [0.15, 0.2) is 0 Å². The maximum Gasteiger partial charge on any atom is 0.108 e. The van der Waals surface area contributed by atoms with Gasteiger partial charge in [-0.3, -0.25) is 0 Å². The molecule has 1 saturated heterocycles. The second-order valence-electron chi connectivity index (χ2n) is 7.73. The van der Waals surface area contributed by atoms with Gasteiger partial charge in [-0.25, -0.2) is 0 Å². The number of likely N-dealkylation sites (tertiary alicyclic amines) is 1. The summed E-state index contributed by atoms with van der Waals surface area (Å²) in [7, 11) is 0. The molecule has 152 valence electrons. The third kappa shape index (κ3) is 6.17. The Hall–Kier alpha value is -2.13. The Morgan fingerprint density at radius 1 is 0.793 bits per heavy atom. The highest BCUT2D eigenvalue weighted by Crippen LogP contribution is 2.28. The zero-order chi connectivity index (χ0) is 19.0. The smallest absolute Gasteiger partial charge is 0.108 e. The van der Waals surface area contributed by atoms with Crippen molar-refractivity contribution in [2.45, 2.75) is 18.9 Å². The van der Waals surface area contributed by atoms with Gasteiger partial charge in [0.05, 0.1) is 6.61 Å². The van der Waals surface area contributed by atoms with Crippen molar-refractivity contribution in [1.82, 2.24) is 4.90 Å². The van der Waals surface area contributed by atoms with E-state index in [1.54, 1.807) is 0 Å². The van der Waals surface area contributed by atoms with E-state index in [9.17, 15) is 0 Å². The minimum absolute atomic E-state index is 0. The average Bonchev–Trinajstić information content (AvgIpc) is 3.23. The van der Waals surface area contributed by atoms with Crippen LogP contribution in [0.15, 0.2) is 91.0 Å². The third-order valence-electron chi connectivity index (χ3n) is 5.63. The van der Waals surface area contributed by atoms with Gasteiger partial charge in [0.25, 0.3) is 0 Å². The molecular formula is C26H30ClNO. The van der Waals surface area contributed by atoms with Gasteiger partial charge in [-0.15, -0.1) is 12.4 Å². The summed E-state index contributed by atoms with van der Waals surface area (Å²) in [6.07, 6.45) is 2.37. The van der Waals surface area contributed by atoms with Crippen LogP contribution in [0.4, 0.5) is 0 Å². The van der Waals surface area contributed by atoms with Crippen molar-refractivity contribution in [3.63, 3.8) is 0 Å². The molecular weight excluding hydrogens is 378 g/mol. The van der Waals surface area contributed by atoms with Gasteiger partial charge in [0.1, 0.15) is 6.10 Å². The lowest BCUT2D eigenvalue weighted by molar-refractivity contribution is 0.0538. The van der Waals surface area contributed by atoms with Crippen LogP contribution in [0.5, 0.6) is 0 Å². The molecule has 1 fully saturated rings. The fraction of sp³-hybridized carbons (Fsp3) is 0.308. The zero-order valence-electron chi connectivity index (χ0n) is 16.8. The molecule has 1 heterocycles. The van der Waals surface area contributed by atoms with Gasteiger partial charge in [-0.2, -0.15) is 0 Å². The molecule has 0 spiro atoms. The molecule has 3 heteroatoms. The van der Waals surface area contributed by atoms with E-state index in [0.717, 1.165) is 26.1 Å². The van der Waals surface area contributed by atoms with Crippen molar-refractivity contribution < 1.29 is 4.74 Å². The fourth-order valence-electron chi connectivity index (χ4n) is 4.06. The lowest BCUT2D eigenvalue weighted by atomic mass is 10.0. The van der Waals surface area contributed by atoms with Gasteiger partial charge in [0.2, 0.25) is 0 Å². The molecule has 0 amide bonds. The predicted octanol–water partition coefficient (Wildman–Crippen LogP) is 5.78. The Bertz CT molecular complexity index is 786. The highest BCUT2D eigenvalue weighted by atomic mass is 35.5. The predicted molar refractivity (Wildman–Crippen MR) is 123 cm³/mol. The van der Waals surface area contributed by atoms with E-state index in [2.05, 4.69) is 95.9 Å². The molecule has 0 N–H and O–H groups in total. The lowest BCUT2D eigenvalue weighted by Gasteiger charge is -2.22. The lowest BCUT2D eigenvalue weighted by Crippen LogP contribution is -2.24. The summed E-state index contributed by atoms with van der Waals surface area (Å²) in [5.41, 5.74) is 3.88. The van der Waals surface area contributed by atoms with E-state index >= 15 is 0 Å². The molecule has 3 aromatic carbocycles. The topological polar surface area (TPSA) is 12.5 Å². The number of hydrogen-bond acceptors (Lipinski definition) is 2. The van der Waals surface area contributed by atoms with Crippen molar-refractivity contribution in [3.8, 4) is 0 Å². The van der Waals surface area contributed by atoms with Gasteiger partial charge in [0, 0.05) is 13.1 Å². The first-order valence-electron chi connectivity index (χ1n) is 10.4. The number of nitrogens with zero attached hydrogens (tertiary/aromatic N) is 1. The third-order valence-corrected chi connectivity index (χ3v) is 5.63. The van der Waals surface area contributed by atoms with Gasteiger partial charge >= 0.3 is 0 Å². The van der Waals surface area contributed by atoms with Crippen LogP contribution in [-0.4, -0.2) is 31.1 Å². The van der Waals surface area contributed by atoms with Crippen LogP contribution in [-0.2, 0) is 11.2 Å². The second kappa shape index (κ2) is 11.2. The van der Waals surface area contributed by atoms with Crippen molar-refractivity contribution >= 4 is 12.4 Å². The Balaban J connectivity index is 0.00000240. The van der Waals surface area contributed by atoms with Gasteiger partial charge in [-0.05, 0) is 42.0 Å². The first-order valence-corrected chi connectivity index (χ1v) is 10.4. The summed E-state index contributed by atoms with van der Waals surface area (Å²) in [6, 6.07) is 31.9. The SMILES string of the molecule is Cl.c1ccc(CCN2CCC(COC(c3ccccc3)c3ccccc3)C2)cc1. The van der Waals surface area contributed by atoms with E-state index in [4.69, 9.17) is 4.74 Å². The largest absolute Gasteiger partial charge is 0.368 e. The van der Waals surface area contributed by atoms with Crippen LogP contribution in [0.1, 0.15) is 29.2 Å². The first-order chi connectivity index (χ1) is 13.9. The molecule has 0 aliphatic carbocycles. The van der Waals surface area contributed by atoms with E-state index in [1.165, 1.54) is 29.7 Å². The quantitative estimate of drug-likeness (QED) is 0.469. The second-order valence-corrected chi connectivity index (χ2v) is 7.73. The number of ether oxygens (including phenoxy) is 1. The Morgan fingerprint density at radius 3 is 1.93 bits per heavy atom. The molecule has 1 atom stereocenters. The van der Waals surface area contributed by atoms with Crippen LogP contribution in [0.3, 0.4) is 0 Å². The fourth-order valence-corrected chi connectivity index (χ4v) is 4.06. The van der Waals surface area contributed by atoms with Crippen LogP contribution in [0.25, 0.3) is 0 Å². The van der Waals surface area contributed by atoms with Crippen molar-refractivity contribution in [1.29, 1.82) is 0 Å². The molecule has 29 heavy (non-hydrogen) atoms. The van der Waals surface area contributed by atoms with Crippen LogP contribution in [0.2, 0.25) is 0 Å². The molecule has 1 aliphatic heterocycles. The van der Waals surface area contributed by atoms with Gasteiger partial charge < -0.3 is 9.64 Å². The van der Waals surface area contributed by atoms with Crippen molar-refractivity contribution in [2.24, 2.45) is 5.92 Å². The Kier molecular flexibility index (Phi) is 8.30. The number of halogens is 1. The number of hydrogen-bond donors (Lipinski definition) is 0. The first kappa shape index (κ1) is 21.6. The van der Waals surface area contributed by atoms with Gasteiger partial charge in [-0.1, -0.05) is 91.0 Å². The summed E-state index contributed by atoms with van der Waals surface area (Å²) < 4.78 is 6.48. The maximum absolute atomic E-state index is 6.48. The van der Waals surface area contributed by atoms with E-state index in [0.29, 0.717) is 5.92 Å². The standard InChI is InChI=1S/C26H29NO.ClH/c1-4-10-22(11-5-1)16-18-27-19-17-23(20-27)21-28-26(24-12-6-2-7-13-24)25-14-8-3-9-15-25;/h1-15,23,26H,16-21H2;1H. The minimum Gasteiger partial charge on any atom is -0.368 e. The normalized spacial score (nSPS) is 16.7.